The van der Waals surface area contributed by atoms with Crippen LogP contribution in [0.3, 0.4) is 0 Å². The molecule has 7 nitrogen and oxygen atoms in total. The lowest BCUT2D eigenvalue weighted by molar-refractivity contribution is 0.102. The molecule has 3 rings (SSSR count). The second kappa shape index (κ2) is 5.60. The van der Waals surface area contributed by atoms with E-state index in [1.165, 1.54) is 4.57 Å². The van der Waals surface area contributed by atoms with Crippen molar-refractivity contribution in [3.63, 3.8) is 0 Å². The van der Waals surface area contributed by atoms with Crippen LogP contribution in [0, 0.1) is 0 Å². The van der Waals surface area contributed by atoms with Crippen LogP contribution in [-0.4, -0.2) is 29.6 Å². The van der Waals surface area contributed by atoms with E-state index < -0.39 is 5.76 Å². The van der Waals surface area contributed by atoms with Gasteiger partial charge in [-0.3, -0.25) is 9.36 Å². The van der Waals surface area contributed by atoms with Crippen molar-refractivity contribution in [3.8, 4) is 0 Å². The van der Waals surface area contributed by atoms with Gasteiger partial charge in [0.1, 0.15) is 5.82 Å². The third kappa shape index (κ3) is 2.68. The van der Waals surface area contributed by atoms with Crippen LogP contribution in [0.15, 0.2) is 45.7 Å². The standard InChI is InChI=1S/C16H16N4O3/c1-19(2)14-11(5-4-8-17-14)15(21)18-10-6-7-12-13(9-10)23-16(22)20(12)3/h4-9H,1-3H3,(H,18,21). The van der Waals surface area contributed by atoms with Gasteiger partial charge in [0.05, 0.1) is 11.1 Å². The van der Waals surface area contributed by atoms with E-state index in [1.807, 2.05) is 14.1 Å². The molecule has 0 saturated carbocycles. The molecule has 0 bridgehead atoms. The molecular formula is C16H16N4O3. The summed E-state index contributed by atoms with van der Waals surface area (Å²) in [5, 5.41) is 2.80. The molecule has 1 aromatic carbocycles. The Kier molecular flexibility index (Phi) is 3.61. The Morgan fingerprint density at radius 1 is 1.30 bits per heavy atom. The molecule has 0 aliphatic carbocycles. The summed E-state index contributed by atoms with van der Waals surface area (Å²) in [4.78, 5) is 30.0. The average Bonchev–Trinajstić information content (AvgIpc) is 2.81. The second-order valence-corrected chi connectivity index (χ2v) is 5.33. The van der Waals surface area contributed by atoms with Gasteiger partial charge in [-0.25, -0.2) is 9.78 Å². The van der Waals surface area contributed by atoms with Crippen molar-refractivity contribution in [1.82, 2.24) is 9.55 Å². The number of benzene rings is 1. The molecule has 0 unspecified atom stereocenters. The molecule has 23 heavy (non-hydrogen) atoms. The number of aryl methyl sites for hydroxylation is 1. The molecule has 0 spiro atoms. The number of fused-ring (bicyclic) bond motifs is 1. The number of carbonyl (C=O) groups excluding carboxylic acids is 1. The summed E-state index contributed by atoms with van der Waals surface area (Å²) in [6.45, 7) is 0. The van der Waals surface area contributed by atoms with Gasteiger partial charge in [-0.05, 0) is 24.3 Å². The van der Waals surface area contributed by atoms with Crippen LogP contribution in [0.1, 0.15) is 10.4 Å². The topological polar surface area (TPSA) is 80.4 Å². The minimum atomic E-state index is -0.439. The number of nitrogens with zero attached hydrogens (tertiary/aromatic N) is 3. The molecule has 2 aromatic heterocycles. The van der Waals surface area contributed by atoms with Gasteiger partial charge in [0.15, 0.2) is 5.58 Å². The number of pyridine rings is 1. The van der Waals surface area contributed by atoms with Gasteiger partial charge in [0.2, 0.25) is 0 Å². The highest BCUT2D eigenvalue weighted by molar-refractivity contribution is 6.08. The molecule has 118 valence electrons. The lowest BCUT2D eigenvalue weighted by Gasteiger charge is -2.15. The van der Waals surface area contributed by atoms with Gasteiger partial charge in [0.25, 0.3) is 5.91 Å². The number of anilines is 2. The maximum Gasteiger partial charge on any atom is 0.419 e. The van der Waals surface area contributed by atoms with Crippen LogP contribution in [-0.2, 0) is 7.05 Å². The first-order chi connectivity index (χ1) is 11.0. The first-order valence-electron chi connectivity index (χ1n) is 7.00. The Labute approximate surface area is 132 Å². The zero-order chi connectivity index (χ0) is 16.6. The number of hydrogen-bond acceptors (Lipinski definition) is 5. The molecule has 7 heteroatoms. The van der Waals surface area contributed by atoms with E-state index in [-0.39, 0.29) is 5.91 Å². The molecule has 3 aromatic rings. The van der Waals surface area contributed by atoms with Crippen molar-refractivity contribution in [2.75, 3.05) is 24.3 Å². The van der Waals surface area contributed by atoms with Gasteiger partial charge >= 0.3 is 5.76 Å². The van der Waals surface area contributed by atoms with E-state index in [9.17, 15) is 9.59 Å². The molecule has 1 N–H and O–H groups in total. The number of aromatic nitrogens is 2. The van der Waals surface area contributed by atoms with Crippen LogP contribution in [0.4, 0.5) is 11.5 Å². The smallest absolute Gasteiger partial charge is 0.408 e. The third-order valence-electron chi connectivity index (χ3n) is 3.51. The molecule has 0 aliphatic heterocycles. The molecule has 2 heterocycles. The monoisotopic (exact) mass is 312 g/mol. The van der Waals surface area contributed by atoms with Crippen LogP contribution in [0.5, 0.6) is 0 Å². The summed E-state index contributed by atoms with van der Waals surface area (Å²) in [5.41, 5.74) is 2.11. The summed E-state index contributed by atoms with van der Waals surface area (Å²) in [5.74, 6) is -0.137. The summed E-state index contributed by atoms with van der Waals surface area (Å²) < 4.78 is 6.53. The molecule has 0 radical (unpaired) electrons. The van der Waals surface area contributed by atoms with Gasteiger partial charge in [-0.15, -0.1) is 0 Å². The van der Waals surface area contributed by atoms with Crippen molar-refractivity contribution >= 4 is 28.5 Å². The lowest BCUT2D eigenvalue weighted by atomic mass is 10.2. The van der Waals surface area contributed by atoms with Crippen molar-refractivity contribution in [3.05, 3.63) is 52.6 Å². The highest BCUT2D eigenvalue weighted by atomic mass is 16.4. The molecule has 0 atom stereocenters. The number of rotatable bonds is 3. The Hall–Kier alpha value is -3.09. The Morgan fingerprint density at radius 2 is 2.09 bits per heavy atom. The Morgan fingerprint density at radius 3 is 2.83 bits per heavy atom. The van der Waals surface area contributed by atoms with Crippen molar-refractivity contribution in [1.29, 1.82) is 0 Å². The molecule has 0 fully saturated rings. The highest BCUT2D eigenvalue weighted by Gasteiger charge is 2.14. The van der Waals surface area contributed by atoms with Gasteiger partial charge < -0.3 is 14.6 Å². The number of nitrogens with one attached hydrogen (secondary N) is 1. The fourth-order valence-electron chi connectivity index (χ4n) is 2.34. The summed E-state index contributed by atoms with van der Waals surface area (Å²) in [6.07, 6.45) is 1.64. The van der Waals surface area contributed by atoms with Crippen LogP contribution in [0.2, 0.25) is 0 Å². The maximum atomic E-state index is 12.5. The Balaban J connectivity index is 1.93. The van der Waals surface area contributed by atoms with E-state index in [2.05, 4.69) is 10.3 Å². The summed E-state index contributed by atoms with van der Waals surface area (Å²) in [6, 6.07) is 8.49. The van der Waals surface area contributed by atoms with Crippen LogP contribution >= 0.6 is 0 Å². The first-order valence-corrected chi connectivity index (χ1v) is 7.00. The zero-order valence-electron chi connectivity index (χ0n) is 13.0. The van der Waals surface area contributed by atoms with E-state index >= 15 is 0 Å². The predicted octanol–water partition coefficient (Wildman–Crippen LogP) is 1.84. The van der Waals surface area contributed by atoms with E-state index in [0.717, 1.165) is 0 Å². The lowest BCUT2D eigenvalue weighted by Crippen LogP contribution is -2.19. The normalized spacial score (nSPS) is 10.7. The molecular weight excluding hydrogens is 296 g/mol. The average molecular weight is 312 g/mol. The fourth-order valence-corrected chi connectivity index (χ4v) is 2.34. The second-order valence-electron chi connectivity index (χ2n) is 5.33. The molecule has 0 saturated heterocycles. The van der Waals surface area contributed by atoms with Crippen LogP contribution < -0.4 is 16.0 Å². The fraction of sp³-hybridized carbons (Fsp3) is 0.188. The van der Waals surface area contributed by atoms with E-state index in [0.29, 0.717) is 28.2 Å². The summed E-state index contributed by atoms with van der Waals surface area (Å²) in [7, 11) is 5.28. The third-order valence-corrected chi connectivity index (χ3v) is 3.51. The quantitative estimate of drug-likeness (QED) is 0.798. The van der Waals surface area contributed by atoms with Gasteiger partial charge in [-0.1, -0.05) is 0 Å². The van der Waals surface area contributed by atoms with Gasteiger partial charge in [0, 0.05) is 39.1 Å². The number of oxazole rings is 1. The predicted molar refractivity (Wildman–Crippen MR) is 88.0 cm³/mol. The zero-order valence-corrected chi connectivity index (χ0v) is 13.0. The van der Waals surface area contributed by atoms with E-state index in [1.54, 1.807) is 48.5 Å². The highest BCUT2D eigenvalue weighted by Crippen LogP contribution is 2.20. The largest absolute Gasteiger partial charge is 0.419 e. The Bertz CT molecular complexity index is 940. The number of hydrogen-bond donors (Lipinski definition) is 1. The summed E-state index contributed by atoms with van der Waals surface area (Å²) >= 11 is 0. The number of carbonyl (C=O) groups is 1. The van der Waals surface area contributed by atoms with Gasteiger partial charge in [-0.2, -0.15) is 0 Å². The molecule has 0 aliphatic rings. The molecule has 1 amide bonds. The van der Waals surface area contributed by atoms with E-state index in [4.69, 9.17) is 4.42 Å². The first kappa shape index (κ1) is 14.8. The minimum Gasteiger partial charge on any atom is -0.408 e. The van der Waals surface area contributed by atoms with Crippen molar-refractivity contribution < 1.29 is 9.21 Å². The van der Waals surface area contributed by atoms with Crippen LogP contribution in [0.25, 0.3) is 11.1 Å². The SMILES string of the molecule is CN(C)c1ncccc1C(=O)Nc1ccc2c(c1)oc(=O)n2C. The van der Waals surface area contributed by atoms with Crippen molar-refractivity contribution in [2.45, 2.75) is 0 Å². The maximum absolute atomic E-state index is 12.5. The van der Waals surface area contributed by atoms with Crippen molar-refractivity contribution in [2.24, 2.45) is 7.05 Å². The minimum absolute atomic E-state index is 0.278. The number of amides is 1.